The SMILES string of the molecule is C[C@@H]1NC[C@H]1N.Cl.Cl. The molecule has 0 aromatic heterocycles. The molecule has 1 rings (SSSR count). The van der Waals surface area contributed by atoms with Gasteiger partial charge in [-0.25, -0.2) is 0 Å². The molecular formula is C4H12Cl2N2. The topological polar surface area (TPSA) is 38.0 Å². The molecule has 0 radical (unpaired) electrons. The number of hydrogen-bond donors (Lipinski definition) is 2. The zero-order valence-corrected chi connectivity index (χ0v) is 6.39. The van der Waals surface area contributed by atoms with Crippen LogP contribution in [0.15, 0.2) is 0 Å². The minimum atomic E-state index is 0. The molecule has 0 spiro atoms. The second-order valence-electron chi connectivity index (χ2n) is 1.86. The Morgan fingerprint density at radius 2 is 1.88 bits per heavy atom. The van der Waals surface area contributed by atoms with E-state index in [1.165, 1.54) is 0 Å². The number of hydrogen-bond acceptors (Lipinski definition) is 2. The van der Waals surface area contributed by atoms with Crippen LogP contribution in [0.2, 0.25) is 0 Å². The predicted octanol–water partition coefficient (Wildman–Crippen LogP) is 0.149. The maximum atomic E-state index is 5.46. The number of nitrogens with two attached hydrogens (primary N) is 1. The summed E-state index contributed by atoms with van der Waals surface area (Å²) in [6.45, 7) is 3.09. The molecular weight excluding hydrogens is 147 g/mol. The highest BCUT2D eigenvalue weighted by atomic mass is 35.5. The molecule has 52 valence electrons. The fourth-order valence-electron chi connectivity index (χ4n) is 0.490. The summed E-state index contributed by atoms with van der Waals surface area (Å²) in [4.78, 5) is 0. The van der Waals surface area contributed by atoms with Gasteiger partial charge >= 0.3 is 0 Å². The van der Waals surface area contributed by atoms with E-state index < -0.39 is 0 Å². The highest BCUT2D eigenvalue weighted by Gasteiger charge is 2.20. The minimum Gasteiger partial charge on any atom is -0.325 e. The number of nitrogens with one attached hydrogen (secondary N) is 1. The Morgan fingerprint density at radius 1 is 1.50 bits per heavy atom. The lowest BCUT2D eigenvalue weighted by Crippen LogP contribution is -2.60. The second kappa shape index (κ2) is 4.39. The van der Waals surface area contributed by atoms with Gasteiger partial charge < -0.3 is 11.1 Å². The molecule has 1 fully saturated rings. The molecule has 4 heteroatoms. The van der Waals surface area contributed by atoms with Crippen molar-refractivity contribution >= 4 is 24.8 Å². The Labute approximate surface area is 62.0 Å². The predicted molar refractivity (Wildman–Crippen MR) is 39.9 cm³/mol. The number of halogens is 2. The van der Waals surface area contributed by atoms with E-state index in [1.54, 1.807) is 0 Å². The summed E-state index contributed by atoms with van der Waals surface area (Å²) in [5.41, 5.74) is 5.46. The summed E-state index contributed by atoms with van der Waals surface area (Å²) >= 11 is 0. The fraction of sp³-hybridized carbons (Fsp3) is 1.00. The Hall–Kier alpha value is 0.500. The zero-order chi connectivity index (χ0) is 4.57. The standard InChI is InChI=1S/C4H10N2.2ClH/c1-3-4(5)2-6-3;;/h3-4,6H,2,5H2,1H3;2*1H/t3-,4+;;/m0../s1. The van der Waals surface area contributed by atoms with Crippen LogP contribution in [0, 0.1) is 0 Å². The summed E-state index contributed by atoms with van der Waals surface area (Å²) in [5, 5.41) is 3.13. The summed E-state index contributed by atoms with van der Waals surface area (Å²) < 4.78 is 0. The van der Waals surface area contributed by atoms with Crippen molar-refractivity contribution in [1.82, 2.24) is 5.32 Å². The van der Waals surface area contributed by atoms with Gasteiger partial charge in [0.1, 0.15) is 0 Å². The van der Waals surface area contributed by atoms with E-state index in [0.29, 0.717) is 12.1 Å². The Morgan fingerprint density at radius 3 is 1.88 bits per heavy atom. The van der Waals surface area contributed by atoms with Crippen molar-refractivity contribution in [2.75, 3.05) is 6.54 Å². The lowest BCUT2D eigenvalue weighted by molar-refractivity contribution is 0.335. The van der Waals surface area contributed by atoms with Crippen LogP contribution in [0.3, 0.4) is 0 Å². The average molecular weight is 159 g/mol. The molecule has 3 N–H and O–H groups in total. The van der Waals surface area contributed by atoms with Crippen molar-refractivity contribution in [2.24, 2.45) is 5.73 Å². The molecule has 1 heterocycles. The van der Waals surface area contributed by atoms with Gasteiger partial charge in [0.15, 0.2) is 0 Å². The van der Waals surface area contributed by atoms with Gasteiger partial charge in [-0.2, -0.15) is 0 Å². The second-order valence-corrected chi connectivity index (χ2v) is 1.86. The summed E-state index contributed by atoms with van der Waals surface area (Å²) in [6, 6.07) is 0.981. The van der Waals surface area contributed by atoms with E-state index in [0.717, 1.165) is 6.54 Å². The van der Waals surface area contributed by atoms with Gasteiger partial charge in [-0.1, -0.05) is 0 Å². The first kappa shape index (κ1) is 11.3. The Kier molecular flexibility index (Phi) is 6.20. The molecule has 0 bridgehead atoms. The summed E-state index contributed by atoms with van der Waals surface area (Å²) in [5.74, 6) is 0. The summed E-state index contributed by atoms with van der Waals surface area (Å²) in [6.07, 6.45) is 0. The molecule has 8 heavy (non-hydrogen) atoms. The average Bonchev–Trinajstić information content (AvgIpc) is 1.61. The molecule has 0 saturated carbocycles. The van der Waals surface area contributed by atoms with E-state index in [4.69, 9.17) is 5.73 Å². The maximum Gasteiger partial charge on any atom is 0.0318 e. The van der Waals surface area contributed by atoms with Crippen LogP contribution < -0.4 is 11.1 Å². The third-order valence-corrected chi connectivity index (χ3v) is 1.32. The van der Waals surface area contributed by atoms with Crippen molar-refractivity contribution in [2.45, 2.75) is 19.0 Å². The fourth-order valence-corrected chi connectivity index (χ4v) is 0.490. The van der Waals surface area contributed by atoms with Gasteiger partial charge in [-0.3, -0.25) is 0 Å². The first-order valence-corrected chi connectivity index (χ1v) is 2.29. The van der Waals surface area contributed by atoms with Crippen LogP contribution in [0.5, 0.6) is 0 Å². The van der Waals surface area contributed by atoms with Crippen LogP contribution in [0.25, 0.3) is 0 Å². The third-order valence-electron chi connectivity index (χ3n) is 1.32. The third kappa shape index (κ3) is 2.18. The number of rotatable bonds is 0. The van der Waals surface area contributed by atoms with E-state index in [1.807, 2.05) is 0 Å². The van der Waals surface area contributed by atoms with Crippen molar-refractivity contribution in [3.8, 4) is 0 Å². The molecule has 2 nitrogen and oxygen atoms in total. The van der Waals surface area contributed by atoms with Crippen LogP contribution in [0.1, 0.15) is 6.92 Å². The van der Waals surface area contributed by atoms with Gasteiger partial charge in [0.25, 0.3) is 0 Å². The van der Waals surface area contributed by atoms with E-state index >= 15 is 0 Å². The smallest absolute Gasteiger partial charge is 0.0318 e. The maximum absolute atomic E-state index is 5.46. The molecule has 0 amide bonds. The highest BCUT2D eigenvalue weighted by Crippen LogP contribution is 1.96. The molecule has 0 unspecified atom stereocenters. The van der Waals surface area contributed by atoms with Crippen molar-refractivity contribution in [1.29, 1.82) is 0 Å². The molecule has 0 aliphatic carbocycles. The van der Waals surface area contributed by atoms with E-state index in [2.05, 4.69) is 12.2 Å². The van der Waals surface area contributed by atoms with Gasteiger partial charge in [0, 0.05) is 18.6 Å². The van der Waals surface area contributed by atoms with Crippen LogP contribution in [-0.4, -0.2) is 18.6 Å². The lowest BCUT2D eigenvalue weighted by atomic mass is 10.0. The first-order valence-electron chi connectivity index (χ1n) is 2.29. The van der Waals surface area contributed by atoms with Crippen LogP contribution in [0.4, 0.5) is 0 Å². The quantitative estimate of drug-likeness (QED) is 0.528. The Balaban J connectivity index is 0. The minimum absolute atomic E-state index is 0. The molecule has 2 atom stereocenters. The van der Waals surface area contributed by atoms with Crippen molar-refractivity contribution in [3.05, 3.63) is 0 Å². The van der Waals surface area contributed by atoms with E-state index in [-0.39, 0.29) is 24.8 Å². The van der Waals surface area contributed by atoms with Crippen molar-refractivity contribution in [3.63, 3.8) is 0 Å². The zero-order valence-electron chi connectivity index (χ0n) is 4.76. The summed E-state index contributed by atoms with van der Waals surface area (Å²) in [7, 11) is 0. The lowest BCUT2D eigenvalue weighted by Gasteiger charge is -2.31. The van der Waals surface area contributed by atoms with Crippen molar-refractivity contribution < 1.29 is 0 Å². The highest BCUT2D eigenvalue weighted by molar-refractivity contribution is 5.85. The van der Waals surface area contributed by atoms with Gasteiger partial charge in [-0.15, -0.1) is 24.8 Å². The molecule has 0 aromatic rings. The van der Waals surface area contributed by atoms with E-state index in [9.17, 15) is 0 Å². The molecule has 0 aromatic carbocycles. The van der Waals surface area contributed by atoms with Gasteiger partial charge in [0.05, 0.1) is 0 Å². The van der Waals surface area contributed by atoms with Gasteiger partial charge in [0.2, 0.25) is 0 Å². The molecule has 1 saturated heterocycles. The normalized spacial score (nSPS) is 33.8. The van der Waals surface area contributed by atoms with Gasteiger partial charge in [-0.05, 0) is 6.92 Å². The van der Waals surface area contributed by atoms with Crippen LogP contribution >= 0.6 is 24.8 Å². The molecule has 1 aliphatic rings. The first-order chi connectivity index (χ1) is 2.80. The van der Waals surface area contributed by atoms with Crippen LogP contribution in [-0.2, 0) is 0 Å². The molecule has 1 aliphatic heterocycles. The largest absolute Gasteiger partial charge is 0.325 e. The monoisotopic (exact) mass is 158 g/mol. The Bertz CT molecular complexity index is 52.0.